The van der Waals surface area contributed by atoms with E-state index in [0.29, 0.717) is 18.0 Å². The quantitative estimate of drug-likeness (QED) is 0.877. The average Bonchev–Trinajstić information content (AvgIpc) is 2.81. The minimum Gasteiger partial charge on any atom is -0.378 e. The normalized spacial score (nSPS) is 18.9. The fourth-order valence-corrected chi connectivity index (χ4v) is 1.99. The van der Waals surface area contributed by atoms with Crippen molar-refractivity contribution in [1.82, 2.24) is 15.0 Å². The van der Waals surface area contributed by atoms with E-state index in [2.05, 4.69) is 20.3 Å². The molecule has 0 amide bonds. The standard InChI is InChI=1S/C11H18ClN5O/c1-17(2)11-15-9(12)14-10(16-11)13-6-5-8-4-3-7-18-8/h8H,3-7H2,1-2H3,(H,13,14,15,16). The van der Waals surface area contributed by atoms with Gasteiger partial charge in [0.25, 0.3) is 0 Å². The van der Waals surface area contributed by atoms with Gasteiger partial charge in [0.2, 0.25) is 17.2 Å². The summed E-state index contributed by atoms with van der Waals surface area (Å²) in [6.07, 6.45) is 3.62. The third-order valence-electron chi connectivity index (χ3n) is 2.77. The number of nitrogens with one attached hydrogen (secondary N) is 1. The maximum Gasteiger partial charge on any atom is 0.230 e. The Bertz CT molecular complexity index is 395. The van der Waals surface area contributed by atoms with E-state index in [1.807, 2.05) is 14.1 Å². The molecule has 1 aliphatic heterocycles. The van der Waals surface area contributed by atoms with E-state index in [-0.39, 0.29) is 5.28 Å². The van der Waals surface area contributed by atoms with E-state index in [1.165, 1.54) is 0 Å². The Morgan fingerprint density at radius 2 is 2.22 bits per heavy atom. The fourth-order valence-electron chi connectivity index (χ4n) is 1.84. The SMILES string of the molecule is CN(C)c1nc(Cl)nc(NCCC2CCCO2)n1. The second-order valence-electron chi connectivity index (χ2n) is 4.47. The molecule has 1 unspecified atom stereocenters. The Labute approximate surface area is 112 Å². The summed E-state index contributed by atoms with van der Waals surface area (Å²) >= 11 is 5.85. The van der Waals surface area contributed by atoms with Gasteiger partial charge in [0.15, 0.2) is 0 Å². The highest BCUT2D eigenvalue weighted by atomic mass is 35.5. The summed E-state index contributed by atoms with van der Waals surface area (Å²) < 4.78 is 5.55. The molecule has 0 aromatic carbocycles. The minimum absolute atomic E-state index is 0.202. The fraction of sp³-hybridized carbons (Fsp3) is 0.727. The summed E-state index contributed by atoms with van der Waals surface area (Å²) in [5.74, 6) is 1.06. The van der Waals surface area contributed by atoms with Gasteiger partial charge in [0.1, 0.15) is 0 Å². The summed E-state index contributed by atoms with van der Waals surface area (Å²) in [6.45, 7) is 1.66. The van der Waals surface area contributed by atoms with Crippen LogP contribution < -0.4 is 10.2 Å². The van der Waals surface area contributed by atoms with Gasteiger partial charge in [0, 0.05) is 27.2 Å². The van der Waals surface area contributed by atoms with E-state index in [1.54, 1.807) is 4.90 Å². The van der Waals surface area contributed by atoms with Crippen LogP contribution in [0.15, 0.2) is 0 Å². The second kappa shape index (κ2) is 6.15. The van der Waals surface area contributed by atoms with E-state index in [9.17, 15) is 0 Å². The summed E-state index contributed by atoms with van der Waals surface area (Å²) in [5, 5.41) is 3.36. The average molecular weight is 272 g/mol. The van der Waals surface area contributed by atoms with Crippen LogP contribution in [-0.4, -0.2) is 48.3 Å². The number of ether oxygens (including phenoxy) is 1. The molecule has 1 aromatic heterocycles. The van der Waals surface area contributed by atoms with Crippen LogP contribution in [0, 0.1) is 0 Å². The minimum atomic E-state index is 0.202. The summed E-state index contributed by atoms with van der Waals surface area (Å²) in [6, 6.07) is 0. The molecule has 0 bridgehead atoms. The highest BCUT2D eigenvalue weighted by Gasteiger charge is 2.15. The Morgan fingerprint density at radius 1 is 1.39 bits per heavy atom. The van der Waals surface area contributed by atoms with Crippen LogP contribution in [0.4, 0.5) is 11.9 Å². The molecule has 1 aromatic rings. The molecular weight excluding hydrogens is 254 g/mol. The van der Waals surface area contributed by atoms with Crippen LogP contribution in [0.3, 0.4) is 0 Å². The predicted molar refractivity (Wildman–Crippen MR) is 71.2 cm³/mol. The molecule has 6 nitrogen and oxygen atoms in total. The van der Waals surface area contributed by atoms with Crippen LogP contribution in [0.1, 0.15) is 19.3 Å². The first-order valence-electron chi connectivity index (χ1n) is 6.09. The molecule has 0 aliphatic carbocycles. The van der Waals surface area contributed by atoms with E-state index < -0.39 is 0 Å². The highest BCUT2D eigenvalue weighted by Crippen LogP contribution is 2.16. The lowest BCUT2D eigenvalue weighted by molar-refractivity contribution is 0.107. The zero-order valence-electron chi connectivity index (χ0n) is 10.7. The number of rotatable bonds is 5. The van der Waals surface area contributed by atoms with Crippen molar-refractivity contribution in [3.63, 3.8) is 0 Å². The van der Waals surface area contributed by atoms with Crippen LogP contribution >= 0.6 is 11.6 Å². The van der Waals surface area contributed by atoms with Gasteiger partial charge in [0.05, 0.1) is 6.10 Å². The first-order valence-corrected chi connectivity index (χ1v) is 6.47. The van der Waals surface area contributed by atoms with Crippen molar-refractivity contribution in [1.29, 1.82) is 0 Å². The molecule has 18 heavy (non-hydrogen) atoms. The maximum absolute atomic E-state index is 5.85. The molecule has 1 saturated heterocycles. The molecule has 1 fully saturated rings. The first-order chi connectivity index (χ1) is 8.65. The molecule has 0 saturated carbocycles. The lowest BCUT2D eigenvalue weighted by Gasteiger charge is -2.13. The van der Waals surface area contributed by atoms with Crippen LogP contribution in [-0.2, 0) is 4.74 Å². The lowest BCUT2D eigenvalue weighted by atomic mass is 10.2. The Morgan fingerprint density at radius 3 is 2.89 bits per heavy atom. The number of aromatic nitrogens is 3. The van der Waals surface area contributed by atoms with Gasteiger partial charge in [-0.3, -0.25) is 0 Å². The van der Waals surface area contributed by atoms with Gasteiger partial charge in [-0.1, -0.05) is 0 Å². The van der Waals surface area contributed by atoms with Crippen molar-refractivity contribution in [2.45, 2.75) is 25.4 Å². The second-order valence-corrected chi connectivity index (χ2v) is 4.81. The van der Waals surface area contributed by atoms with E-state index in [0.717, 1.165) is 32.4 Å². The molecule has 7 heteroatoms. The molecule has 1 atom stereocenters. The zero-order valence-corrected chi connectivity index (χ0v) is 11.4. The van der Waals surface area contributed by atoms with Crippen LogP contribution in [0.25, 0.3) is 0 Å². The number of anilines is 2. The van der Waals surface area contributed by atoms with Gasteiger partial charge >= 0.3 is 0 Å². The van der Waals surface area contributed by atoms with Crippen molar-refractivity contribution < 1.29 is 4.74 Å². The number of hydrogen-bond acceptors (Lipinski definition) is 6. The number of halogens is 1. The van der Waals surface area contributed by atoms with Crippen LogP contribution in [0.2, 0.25) is 5.28 Å². The van der Waals surface area contributed by atoms with Crippen molar-refractivity contribution in [2.75, 3.05) is 37.5 Å². The van der Waals surface area contributed by atoms with Crippen molar-refractivity contribution >= 4 is 23.5 Å². The van der Waals surface area contributed by atoms with Crippen molar-refractivity contribution in [3.05, 3.63) is 5.28 Å². The van der Waals surface area contributed by atoms with Gasteiger partial charge < -0.3 is 15.0 Å². The van der Waals surface area contributed by atoms with Gasteiger partial charge in [-0.15, -0.1) is 0 Å². The Kier molecular flexibility index (Phi) is 4.54. The van der Waals surface area contributed by atoms with Crippen molar-refractivity contribution in [2.24, 2.45) is 0 Å². The molecule has 1 aliphatic rings. The predicted octanol–water partition coefficient (Wildman–Crippen LogP) is 1.57. The highest BCUT2D eigenvalue weighted by molar-refractivity contribution is 6.28. The van der Waals surface area contributed by atoms with E-state index in [4.69, 9.17) is 16.3 Å². The maximum atomic E-state index is 5.85. The summed E-state index contributed by atoms with van der Waals surface area (Å²) in [7, 11) is 3.73. The third kappa shape index (κ3) is 3.68. The summed E-state index contributed by atoms with van der Waals surface area (Å²) in [5.41, 5.74) is 0. The first kappa shape index (κ1) is 13.3. The van der Waals surface area contributed by atoms with Gasteiger partial charge in [-0.05, 0) is 30.9 Å². The molecular formula is C11H18ClN5O. The summed E-state index contributed by atoms with van der Waals surface area (Å²) in [4.78, 5) is 14.1. The molecule has 1 N–H and O–H groups in total. The van der Waals surface area contributed by atoms with Crippen molar-refractivity contribution in [3.8, 4) is 0 Å². The Balaban J connectivity index is 1.88. The molecule has 2 heterocycles. The third-order valence-corrected chi connectivity index (χ3v) is 2.94. The number of hydrogen-bond donors (Lipinski definition) is 1. The molecule has 2 rings (SSSR count). The van der Waals surface area contributed by atoms with Gasteiger partial charge in [-0.2, -0.15) is 15.0 Å². The monoisotopic (exact) mass is 271 g/mol. The molecule has 0 spiro atoms. The van der Waals surface area contributed by atoms with E-state index >= 15 is 0 Å². The van der Waals surface area contributed by atoms with Gasteiger partial charge in [-0.25, -0.2) is 0 Å². The lowest BCUT2D eigenvalue weighted by Crippen LogP contribution is -2.17. The smallest absolute Gasteiger partial charge is 0.230 e. The Hall–Kier alpha value is -1.14. The molecule has 0 radical (unpaired) electrons. The van der Waals surface area contributed by atoms with Crippen LogP contribution in [0.5, 0.6) is 0 Å². The molecule has 100 valence electrons. The largest absolute Gasteiger partial charge is 0.378 e. The number of nitrogens with zero attached hydrogens (tertiary/aromatic N) is 4. The topological polar surface area (TPSA) is 63.2 Å². The zero-order chi connectivity index (χ0) is 13.0.